The molecule has 0 atom stereocenters. The maximum Gasteiger partial charge on any atom is 0.210 e. The number of carboxylic acid groups (broad SMARTS) is 1. The number of nitrogens with zero attached hydrogens (tertiary/aromatic N) is 3. The van der Waals surface area contributed by atoms with Crippen LogP contribution in [0.5, 0.6) is 17.2 Å². The van der Waals surface area contributed by atoms with Gasteiger partial charge in [-0.3, -0.25) is 4.79 Å². The van der Waals surface area contributed by atoms with Crippen LogP contribution in [-0.2, 0) is 38.6 Å². The van der Waals surface area contributed by atoms with Crippen LogP contribution in [-0.4, -0.2) is 49.6 Å². The summed E-state index contributed by atoms with van der Waals surface area (Å²) in [5, 5.41) is 16.7. The number of benzene rings is 5. The molecule has 0 spiro atoms. The summed E-state index contributed by atoms with van der Waals surface area (Å²) in [6.45, 7) is 7.08. The number of carbonyl (C=O) groups excluding carboxylic acids is 2. The van der Waals surface area contributed by atoms with Crippen LogP contribution in [0.2, 0.25) is 0 Å². The van der Waals surface area contributed by atoms with Gasteiger partial charge < -0.3 is 28.8 Å². The molecule has 314 valence electrons. The summed E-state index contributed by atoms with van der Waals surface area (Å²) in [5.74, 6) is 1.18. The van der Waals surface area contributed by atoms with E-state index in [0.29, 0.717) is 24.0 Å². The molecule has 1 aromatic heterocycles. The summed E-state index contributed by atoms with van der Waals surface area (Å²) in [4.78, 5) is 30.0. The van der Waals surface area contributed by atoms with E-state index < -0.39 is 5.97 Å². The molecule has 5 aliphatic heterocycles. The first-order valence-electron chi connectivity index (χ1n) is 22.5. The lowest BCUT2D eigenvalue weighted by molar-refractivity contribution is -0.255. The Bertz CT molecular complexity index is 3010. The third-order valence-corrected chi connectivity index (χ3v) is 14.8. The van der Waals surface area contributed by atoms with Gasteiger partial charge in [0.1, 0.15) is 30.3 Å². The zero-order chi connectivity index (χ0) is 42.2. The normalized spacial score (nSPS) is 16.0. The number of ether oxygens (including phenoxy) is 2. The van der Waals surface area contributed by atoms with Crippen LogP contribution >= 0.6 is 15.9 Å². The minimum absolute atomic E-state index is 0.0459. The average Bonchev–Trinajstić information content (AvgIpc) is 3.55. The Kier molecular flexibility index (Phi) is 9.86. The Morgan fingerprint density at radius 2 is 1.61 bits per heavy atom. The first-order chi connectivity index (χ1) is 30.2. The summed E-state index contributed by atoms with van der Waals surface area (Å²) in [6, 6.07) is 24.4. The minimum Gasteiger partial charge on any atom is -0.545 e. The van der Waals surface area contributed by atoms with Crippen molar-refractivity contribution >= 4 is 49.8 Å². The maximum absolute atomic E-state index is 14.1. The van der Waals surface area contributed by atoms with Crippen molar-refractivity contribution in [1.29, 1.82) is 0 Å². The van der Waals surface area contributed by atoms with E-state index in [-0.39, 0.29) is 17.8 Å². The summed E-state index contributed by atoms with van der Waals surface area (Å²) >= 11 is 3.56. The Hall–Kier alpha value is -5.67. The first-order valence-corrected chi connectivity index (χ1v) is 23.3. The zero-order valence-electron chi connectivity index (χ0n) is 35.5. The first kappa shape index (κ1) is 39.2. The van der Waals surface area contributed by atoms with Crippen molar-refractivity contribution in [3.05, 3.63) is 149 Å². The van der Waals surface area contributed by atoms with Crippen molar-refractivity contribution < 1.29 is 24.2 Å². The number of fused-ring (bicyclic) bond motifs is 5. The number of ketones is 1. The van der Waals surface area contributed by atoms with E-state index in [1.165, 1.54) is 44.4 Å². The molecule has 6 heterocycles. The van der Waals surface area contributed by atoms with Gasteiger partial charge in [0.2, 0.25) is 5.36 Å². The molecule has 0 aliphatic carbocycles. The Morgan fingerprint density at radius 3 is 2.42 bits per heavy atom. The molecule has 0 fully saturated rings. The van der Waals surface area contributed by atoms with E-state index in [1.54, 1.807) is 13.2 Å². The molecule has 0 bridgehead atoms. The highest BCUT2D eigenvalue weighted by Crippen LogP contribution is 2.49. The molecule has 0 N–H and O–H groups in total. The third-order valence-electron chi connectivity index (χ3n) is 14.3. The second-order valence-electron chi connectivity index (χ2n) is 17.8. The monoisotopic (exact) mass is 887 g/mol. The van der Waals surface area contributed by atoms with Crippen molar-refractivity contribution in [2.24, 2.45) is 0 Å². The summed E-state index contributed by atoms with van der Waals surface area (Å²) < 4.78 is 18.7. The summed E-state index contributed by atoms with van der Waals surface area (Å²) in [7, 11) is 1.68. The largest absolute Gasteiger partial charge is 0.545 e. The van der Waals surface area contributed by atoms with Crippen molar-refractivity contribution in [2.45, 2.75) is 84.1 Å². The predicted octanol–water partition coefficient (Wildman–Crippen LogP) is 7.77. The Labute approximate surface area is 370 Å². The molecule has 0 saturated heterocycles. The molecule has 5 aromatic carbocycles. The Morgan fingerprint density at radius 1 is 0.839 bits per heavy atom. The number of hydrogen-bond donors (Lipinski definition) is 0. The van der Waals surface area contributed by atoms with Gasteiger partial charge in [-0.1, -0.05) is 40.2 Å². The second-order valence-corrected chi connectivity index (χ2v) is 18.7. The second kappa shape index (κ2) is 15.6. The van der Waals surface area contributed by atoms with Crippen LogP contribution in [0.15, 0.2) is 77.3 Å². The number of Topliss-reactive ketones (excluding diaryl/α,β-unsaturated/α-hetero) is 1. The summed E-state index contributed by atoms with van der Waals surface area (Å²) in [5.41, 5.74) is 14.0. The fourth-order valence-corrected chi connectivity index (χ4v) is 11.7. The van der Waals surface area contributed by atoms with Crippen LogP contribution < -0.4 is 34.6 Å². The number of aromatic carboxylic acids is 1. The number of carbonyl (C=O) groups is 2. The molecule has 6 aromatic rings. The zero-order valence-corrected chi connectivity index (χ0v) is 37.1. The molecule has 5 aliphatic rings. The van der Waals surface area contributed by atoms with Gasteiger partial charge in [0, 0.05) is 104 Å². The molecule has 62 heavy (non-hydrogen) atoms. The number of hydrogen-bond acceptors (Lipinski definition) is 6. The van der Waals surface area contributed by atoms with E-state index in [1.807, 2.05) is 18.2 Å². The lowest BCUT2D eigenvalue weighted by atomic mass is 9.81. The van der Waals surface area contributed by atoms with E-state index in [2.05, 4.69) is 85.4 Å². The lowest BCUT2D eigenvalue weighted by Gasteiger charge is -2.39. The molecule has 0 saturated carbocycles. The van der Waals surface area contributed by atoms with Crippen LogP contribution in [0.3, 0.4) is 0 Å². The molecule has 0 radical (unpaired) electrons. The van der Waals surface area contributed by atoms with Gasteiger partial charge in [0.05, 0.1) is 18.6 Å². The quantitative estimate of drug-likeness (QED) is 0.103. The van der Waals surface area contributed by atoms with Crippen LogP contribution in [0.1, 0.15) is 109 Å². The highest BCUT2D eigenvalue weighted by Gasteiger charge is 2.36. The van der Waals surface area contributed by atoms with Gasteiger partial charge in [0.25, 0.3) is 0 Å². The van der Waals surface area contributed by atoms with Crippen LogP contribution in [0, 0.1) is 6.92 Å². The Balaban J connectivity index is 0.973. The molecule has 9 heteroatoms. The van der Waals surface area contributed by atoms with E-state index in [9.17, 15) is 14.7 Å². The number of anilines is 1. The molecular weight excluding hydrogens is 839 g/mol. The van der Waals surface area contributed by atoms with Crippen LogP contribution in [0.4, 0.5) is 5.69 Å². The lowest BCUT2D eigenvalue weighted by Crippen LogP contribution is -2.45. The topological polar surface area (TPSA) is 86.8 Å². The molecule has 11 rings (SSSR count). The number of halogens is 1. The van der Waals surface area contributed by atoms with Crippen molar-refractivity contribution in [2.75, 3.05) is 38.2 Å². The van der Waals surface area contributed by atoms with Crippen molar-refractivity contribution in [3.63, 3.8) is 0 Å². The third kappa shape index (κ3) is 6.49. The van der Waals surface area contributed by atoms with Gasteiger partial charge in [-0.05, 0) is 129 Å². The van der Waals surface area contributed by atoms with Crippen molar-refractivity contribution in [1.82, 2.24) is 9.14 Å². The van der Waals surface area contributed by atoms with Gasteiger partial charge in [-0.2, -0.15) is 0 Å². The number of methoxy groups -OCH3 is 1. The number of carboxylic acids is 1. The fourth-order valence-electron chi connectivity index (χ4n) is 11.4. The average molecular weight is 889 g/mol. The highest BCUT2D eigenvalue weighted by molar-refractivity contribution is 9.10. The predicted molar refractivity (Wildman–Crippen MR) is 245 cm³/mol. The van der Waals surface area contributed by atoms with Gasteiger partial charge in [0.15, 0.2) is 5.78 Å². The highest BCUT2D eigenvalue weighted by atomic mass is 79.9. The van der Waals surface area contributed by atoms with Gasteiger partial charge >= 0.3 is 0 Å². The van der Waals surface area contributed by atoms with Crippen molar-refractivity contribution in [3.8, 4) is 17.2 Å². The maximum atomic E-state index is 14.1. The fraction of sp³-hybridized carbons (Fsp3) is 0.340. The standard InChI is InChI=1S/C53H50BrN3O5/c1-31-38(42-29-37(61-2)19-21-46(42)57(31)30-32-14-17-36(54)18-15-32)10-3-13-47(58)33-16-20-39(43(26-33)53(59)60)48-44-27-34-8-4-22-55-24-6-11-40(49(34)55)51(44)62-52-41-12-7-25-56-23-5-9-35(50(41)56)28-45(48)52/h14-21,26-29H,3-13,22-25,30H2,1-2H3. The number of rotatable bonds is 10. The SMILES string of the molecule is COc1ccc2c(c1)c(CCCC(=O)c1ccc(C3=c4cc5c6c(c4Oc4c3cc3c7c4CCCN7CCC3)CCC[N+]=6CCC5)c(C(=O)[O-])c1)c(C)n2Cc1ccc(Br)cc1. The number of aryl methyl sites for hydroxylation is 3. The van der Waals surface area contributed by atoms with Crippen LogP contribution in [0.25, 0.3) is 16.5 Å². The van der Waals surface area contributed by atoms with E-state index >= 15 is 0 Å². The van der Waals surface area contributed by atoms with E-state index in [4.69, 9.17) is 9.47 Å². The molecule has 0 amide bonds. The molecular formula is C53H50BrN3O5. The molecule has 0 unspecified atom stereocenters. The van der Waals surface area contributed by atoms with Gasteiger partial charge in [-0.25, -0.2) is 4.58 Å². The van der Waals surface area contributed by atoms with Gasteiger partial charge in [-0.15, -0.1) is 0 Å². The minimum atomic E-state index is -1.28. The summed E-state index contributed by atoms with van der Waals surface area (Å²) in [6.07, 6.45) is 9.71. The molecule has 8 nitrogen and oxygen atoms in total. The number of aromatic nitrogens is 1. The smallest absolute Gasteiger partial charge is 0.210 e. The van der Waals surface area contributed by atoms with E-state index in [0.717, 1.165) is 139 Å².